The maximum atomic E-state index is 11.7. The largest absolute Gasteiger partial charge is 0.301 e. The van der Waals surface area contributed by atoms with E-state index in [9.17, 15) is 19.7 Å². The summed E-state index contributed by atoms with van der Waals surface area (Å²) in [5.74, 6) is -0.249. The van der Waals surface area contributed by atoms with Gasteiger partial charge in [-0.05, 0) is 37.2 Å². The fourth-order valence-electron chi connectivity index (χ4n) is 1.99. The molecule has 0 spiro atoms. The number of nitrogens with zero attached hydrogens (tertiary/aromatic N) is 2. The van der Waals surface area contributed by atoms with Crippen molar-refractivity contribution in [3.63, 3.8) is 0 Å². The van der Waals surface area contributed by atoms with E-state index in [1.807, 2.05) is 6.92 Å². The first kappa shape index (κ1) is 16.9. The Morgan fingerprint density at radius 2 is 2.13 bits per heavy atom. The summed E-state index contributed by atoms with van der Waals surface area (Å²) in [7, 11) is 0. The number of benzene rings is 1. The molecule has 1 N–H and O–H groups in total. The second kappa shape index (κ2) is 7.19. The molecule has 120 valence electrons. The summed E-state index contributed by atoms with van der Waals surface area (Å²) in [6.07, 6.45) is 1.50. The molecule has 8 heteroatoms. The van der Waals surface area contributed by atoms with E-state index in [-0.39, 0.29) is 22.6 Å². The number of aryl methyl sites for hydroxylation is 1. The molecular weight excluding hydrogens is 318 g/mol. The van der Waals surface area contributed by atoms with Crippen molar-refractivity contribution in [3.8, 4) is 0 Å². The Hall–Kier alpha value is -2.48. The van der Waals surface area contributed by atoms with Crippen LogP contribution in [0.5, 0.6) is 0 Å². The van der Waals surface area contributed by atoms with Crippen LogP contribution in [0.1, 0.15) is 36.3 Å². The topological polar surface area (TPSA) is 106 Å². The number of ketones is 1. The minimum Gasteiger partial charge on any atom is -0.301 e. The van der Waals surface area contributed by atoms with Crippen molar-refractivity contribution in [1.82, 2.24) is 9.97 Å². The fourth-order valence-corrected chi connectivity index (χ4v) is 2.88. The van der Waals surface area contributed by atoms with Gasteiger partial charge < -0.3 is 4.98 Å². The average molecular weight is 333 g/mol. The summed E-state index contributed by atoms with van der Waals surface area (Å²) in [5, 5.41) is 11.5. The second-order valence-electron chi connectivity index (χ2n) is 4.89. The van der Waals surface area contributed by atoms with Crippen LogP contribution < -0.4 is 5.56 Å². The third-order valence-electron chi connectivity index (χ3n) is 3.05. The third-order valence-corrected chi connectivity index (χ3v) is 4.00. The van der Waals surface area contributed by atoms with Crippen LogP contribution in [0.4, 0.5) is 5.69 Å². The highest BCUT2D eigenvalue weighted by atomic mass is 32.2. The predicted octanol–water partition coefficient (Wildman–Crippen LogP) is 2.98. The van der Waals surface area contributed by atoms with Crippen LogP contribution in [-0.2, 0) is 6.42 Å². The van der Waals surface area contributed by atoms with E-state index in [0.717, 1.165) is 18.2 Å². The number of aromatic nitrogens is 2. The molecule has 1 aromatic carbocycles. The van der Waals surface area contributed by atoms with Gasteiger partial charge in [-0.25, -0.2) is 4.98 Å². The van der Waals surface area contributed by atoms with Crippen LogP contribution in [0.25, 0.3) is 0 Å². The SMILES string of the molecule is CCCc1cc(=O)[nH]c(Sc2ccc(C(C)=O)cc2[N+](=O)[O-])n1. The van der Waals surface area contributed by atoms with Crippen LogP contribution in [-0.4, -0.2) is 20.7 Å². The van der Waals surface area contributed by atoms with Gasteiger partial charge in [-0.3, -0.25) is 19.7 Å². The van der Waals surface area contributed by atoms with E-state index >= 15 is 0 Å². The van der Waals surface area contributed by atoms with Gasteiger partial charge in [0.25, 0.3) is 11.2 Å². The normalized spacial score (nSPS) is 10.5. The second-order valence-corrected chi connectivity index (χ2v) is 5.92. The molecule has 2 rings (SSSR count). The lowest BCUT2D eigenvalue weighted by Crippen LogP contribution is -2.10. The average Bonchev–Trinajstić information content (AvgIpc) is 2.46. The zero-order valence-corrected chi connectivity index (χ0v) is 13.5. The maximum Gasteiger partial charge on any atom is 0.284 e. The van der Waals surface area contributed by atoms with Crippen molar-refractivity contribution < 1.29 is 9.72 Å². The summed E-state index contributed by atoms with van der Waals surface area (Å²) in [4.78, 5) is 40.8. The highest BCUT2D eigenvalue weighted by molar-refractivity contribution is 7.99. The van der Waals surface area contributed by atoms with Crippen LogP contribution in [0.15, 0.2) is 39.1 Å². The lowest BCUT2D eigenvalue weighted by Gasteiger charge is -2.05. The number of hydrogen-bond acceptors (Lipinski definition) is 6. The molecule has 0 amide bonds. The number of carbonyl (C=O) groups is 1. The van der Waals surface area contributed by atoms with Gasteiger partial charge in [-0.15, -0.1) is 0 Å². The number of carbonyl (C=O) groups excluding carboxylic acids is 1. The van der Waals surface area contributed by atoms with E-state index < -0.39 is 4.92 Å². The molecule has 0 bridgehead atoms. The Bertz CT molecular complexity index is 817. The molecule has 1 aromatic heterocycles. The van der Waals surface area contributed by atoms with E-state index in [1.54, 1.807) is 0 Å². The molecule has 23 heavy (non-hydrogen) atoms. The van der Waals surface area contributed by atoms with Gasteiger partial charge in [-0.1, -0.05) is 13.3 Å². The molecule has 1 heterocycles. The quantitative estimate of drug-likeness (QED) is 0.377. The van der Waals surface area contributed by atoms with Crippen molar-refractivity contribution in [2.45, 2.75) is 36.7 Å². The first-order valence-electron chi connectivity index (χ1n) is 6.98. The van der Waals surface area contributed by atoms with Gasteiger partial charge in [0.15, 0.2) is 10.9 Å². The van der Waals surface area contributed by atoms with Crippen molar-refractivity contribution in [2.75, 3.05) is 0 Å². The smallest absolute Gasteiger partial charge is 0.284 e. The van der Waals surface area contributed by atoms with Crippen LogP contribution in [0.2, 0.25) is 0 Å². The number of nitro benzene ring substituents is 1. The summed E-state index contributed by atoms with van der Waals surface area (Å²) in [6.45, 7) is 3.32. The molecule has 2 aromatic rings. The predicted molar refractivity (Wildman–Crippen MR) is 86.1 cm³/mol. The standard InChI is InChI=1S/C15H15N3O4S/c1-3-4-11-8-14(20)17-15(16-11)23-13-6-5-10(9(2)19)7-12(13)18(21)22/h5-8H,3-4H2,1-2H3,(H,16,17,20). The first-order chi connectivity index (χ1) is 10.9. The third kappa shape index (κ3) is 4.26. The number of nitro groups is 1. The Balaban J connectivity index is 2.41. The minimum absolute atomic E-state index is 0.189. The molecular formula is C15H15N3O4S. The van der Waals surface area contributed by atoms with Crippen molar-refractivity contribution in [1.29, 1.82) is 0 Å². The molecule has 0 fully saturated rings. The Morgan fingerprint density at radius 1 is 1.39 bits per heavy atom. The van der Waals surface area contributed by atoms with E-state index in [0.29, 0.717) is 22.2 Å². The number of aromatic amines is 1. The molecule has 0 saturated carbocycles. The molecule has 0 aliphatic carbocycles. The van der Waals surface area contributed by atoms with E-state index in [2.05, 4.69) is 9.97 Å². The Morgan fingerprint density at radius 3 is 2.74 bits per heavy atom. The Kier molecular flexibility index (Phi) is 5.28. The maximum absolute atomic E-state index is 11.7. The summed E-state index contributed by atoms with van der Waals surface area (Å²) >= 11 is 0.998. The van der Waals surface area contributed by atoms with Crippen LogP contribution in [0.3, 0.4) is 0 Å². The van der Waals surface area contributed by atoms with Gasteiger partial charge >= 0.3 is 0 Å². The number of hydrogen-bond donors (Lipinski definition) is 1. The number of rotatable bonds is 6. The zero-order valence-electron chi connectivity index (χ0n) is 12.7. The molecule has 0 saturated heterocycles. The molecule has 0 unspecified atom stereocenters. The lowest BCUT2D eigenvalue weighted by molar-refractivity contribution is -0.387. The van der Waals surface area contributed by atoms with Crippen LogP contribution >= 0.6 is 11.8 Å². The summed E-state index contributed by atoms with van der Waals surface area (Å²) in [6, 6.07) is 5.66. The number of nitrogens with one attached hydrogen (secondary N) is 1. The molecule has 0 atom stereocenters. The highest BCUT2D eigenvalue weighted by Crippen LogP contribution is 2.33. The highest BCUT2D eigenvalue weighted by Gasteiger charge is 2.18. The Labute approximate surface area is 136 Å². The van der Waals surface area contributed by atoms with Gasteiger partial charge in [0.1, 0.15) is 0 Å². The van der Waals surface area contributed by atoms with Crippen molar-refractivity contribution in [3.05, 3.63) is 56.0 Å². The van der Waals surface area contributed by atoms with Gasteiger partial charge in [-0.2, -0.15) is 0 Å². The van der Waals surface area contributed by atoms with Gasteiger partial charge in [0.05, 0.1) is 9.82 Å². The lowest BCUT2D eigenvalue weighted by atomic mass is 10.1. The van der Waals surface area contributed by atoms with Crippen LogP contribution in [0, 0.1) is 10.1 Å². The van der Waals surface area contributed by atoms with Gasteiger partial charge in [0.2, 0.25) is 0 Å². The molecule has 0 aliphatic rings. The fraction of sp³-hybridized carbons (Fsp3) is 0.267. The molecule has 0 aliphatic heterocycles. The number of H-pyrrole nitrogens is 1. The summed E-state index contributed by atoms with van der Waals surface area (Å²) < 4.78 is 0. The van der Waals surface area contributed by atoms with Crippen molar-refractivity contribution in [2.24, 2.45) is 0 Å². The van der Waals surface area contributed by atoms with E-state index in [4.69, 9.17) is 0 Å². The number of Topliss-reactive ketones (excluding diaryl/α,β-unsaturated/α-hetero) is 1. The van der Waals surface area contributed by atoms with Gasteiger partial charge in [0, 0.05) is 23.4 Å². The summed E-state index contributed by atoms with van der Waals surface area (Å²) in [5.41, 5.74) is 0.421. The van der Waals surface area contributed by atoms with E-state index in [1.165, 1.54) is 31.2 Å². The first-order valence-corrected chi connectivity index (χ1v) is 7.80. The molecule has 7 nitrogen and oxygen atoms in total. The minimum atomic E-state index is -0.553. The zero-order chi connectivity index (χ0) is 17.0. The monoisotopic (exact) mass is 333 g/mol. The van der Waals surface area contributed by atoms with Crippen molar-refractivity contribution >= 4 is 23.2 Å². The molecule has 0 radical (unpaired) electrons.